The van der Waals surface area contributed by atoms with Crippen LogP contribution in [-0.4, -0.2) is 18.6 Å². The minimum Gasteiger partial charge on any atom is -0.339 e. The highest BCUT2D eigenvalue weighted by molar-refractivity contribution is 7.92. The van der Waals surface area contributed by atoms with E-state index in [1.54, 1.807) is 6.07 Å². The van der Waals surface area contributed by atoms with Gasteiger partial charge in [-0.2, -0.15) is 0 Å². The summed E-state index contributed by atoms with van der Waals surface area (Å²) in [4.78, 5) is -0.0409. The second-order valence-corrected chi connectivity index (χ2v) is 7.88. The predicted octanol–water partition coefficient (Wildman–Crippen LogP) is 4.09. The number of nitrogens with one attached hydrogen (secondary N) is 2. The molecule has 0 saturated heterocycles. The van der Waals surface area contributed by atoms with Crippen molar-refractivity contribution in [1.82, 2.24) is 10.2 Å². The molecule has 0 radical (unpaired) electrons. The van der Waals surface area contributed by atoms with Crippen molar-refractivity contribution in [3.63, 3.8) is 0 Å². The van der Waals surface area contributed by atoms with E-state index in [4.69, 9.17) is 0 Å². The van der Waals surface area contributed by atoms with Crippen LogP contribution in [0.3, 0.4) is 0 Å². The Morgan fingerprint density at radius 3 is 2.26 bits per heavy atom. The third kappa shape index (κ3) is 4.22. The predicted molar refractivity (Wildman–Crippen MR) is 103 cm³/mol. The Balaban J connectivity index is 1.77. The molecule has 0 aliphatic heterocycles. The van der Waals surface area contributed by atoms with Gasteiger partial charge < -0.3 is 5.32 Å². The van der Waals surface area contributed by atoms with Gasteiger partial charge in [-0.05, 0) is 73.9 Å². The molecule has 0 unspecified atom stereocenters. The van der Waals surface area contributed by atoms with Gasteiger partial charge in [-0.25, -0.2) is 12.8 Å². The molecule has 27 heavy (non-hydrogen) atoms. The van der Waals surface area contributed by atoms with E-state index in [1.165, 1.54) is 25.1 Å². The Hall–Kier alpha value is -3.00. The van der Waals surface area contributed by atoms with Crippen LogP contribution in [0.25, 0.3) is 0 Å². The lowest BCUT2D eigenvalue weighted by molar-refractivity contribution is 0.598. The van der Waals surface area contributed by atoms with Crippen LogP contribution in [0.15, 0.2) is 53.4 Å². The fraction of sp³-hybridized carbons (Fsp3) is 0.158. The molecule has 8 heteroatoms. The van der Waals surface area contributed by atoms with E-state index in [0.717, 1.165) is 22.9 Å². The lowest BCUT2D eigenvalue weighted by atomic mass is 10.1. The molecule has 0 aliphatic rings. The fourth-order valence-corrected chi connectivity index (χ4v) is 3.54. The lowest BCUT2D eigenvalue weighted by Crippen LogP contribution is -2.14. The number of anilines is 3. The Morgan fingerprint density at radius 1 is 0.889 bits per heavy atom. The van der Waals surface area contributed by atoms with Gasteiger partial charge in [0.1, 0.15) is 5.82 Å². The van der Waals surface area contributed by atoms with Crippen LogP contribution in [0.2, 0.25) is 0 Å². The number of hydrogen-bond donors (Lipinski definition) is 2. The number of benzene rings is 2. The Bertz CT molecular complexity index is 1080. The van der Waals surface area contributed by atoms with Gasteiger partial charge in [0, 0.05) is 5.69 Å². The molecular formula is C19H19FN4O2S. The van der Waals surface area contributed by atoms with E-state index in [2.05, 4.69) is 20.2 Å². The van der Waals surface area contributed by atoms with E-state index < -0.39 is 15.8 Å². The number of aryl methyl sites for hydroxylation is 2. The molecular weight excluding hydrogens is 367 g/mol. The first-order valence-corrected chi connectivity index (χ1v) is 9.70. The Labute approximate surface area is 157 Å². The van der Waals surface area contributed by atoms with Gasteiger partial charge in [0.05, 0.1) is 4.90 Å². The summed E-state index contributed by atoms with van der Waals surface area (Å²) >= 11 is 0. The topological polar surface area (TPSA) is 84.0 Å². The average molecular weight is 386 g/mol. The molecule has 1 aromatic heterocycles. The minimum atomic E-state index is -3.88. The maximum atomic E-state index is 13.3. The zero-order valence-corrected chi connectivity index (χ0v) is 15.9. The van der Waals surface area contributed by atoms with Crippen LogP contribution in [0.5, 0.6) is 0 Å². The average Bonchev–Trinajstić information content (AvgIpc) is 2.62. The summed E-state index contributed by atoms with van der Waals surface area (Å²) < 4.78 is 40.5. The Morgan fingerprint density at radius 2 is 1.59 bits per heavy atom. The highest BCUT2D eigenvalue weighted by Gasteiger charge is 2.16. The zero-order valence-electron chi connectivity index (χ0n) is 15.1. The maximum Gasteiger partial charge on any atom is 0.263 e. The molecule has 1 heterocycles. The van der Waals surface area contributed by atoms with Gasteiger partial charge >= 0.3 is 0 Å². The summed E-state index contributed by atoms with van der Waals surface area (Å²) in [6, 6.07) is 12.6. The van der Waals surface area contributed by atoms with Gasteiger partial charge in [-0.15, -0.1) is 10.2 Å². The molecule has 2 aromatic carbocycles. The van der Waals surface area contributed by atoms with Gasteiger partial charge in [0.25, 0.3) is 10.0 Å². The van der Waals surface area contributed by atoms with E-state index >= 15 is 0 Å². The molecule has 6 nitrogen and oxygen atoms in total. The molecule has 0 amide bonds. The summed E-state index contributed by atoms with van der Waals surface area (Å²) in [5, 5.41) is 11.1. The van der Waals surface area contributed by atoms with Crippen LogP contribution < -0.4 is 10.0 Å². The van der Waals surface area contributed by atoms with E-state index in [9.17, 15) is 12.8 Å². The molecule has 3 rings (SSSR count). The van der Waals surface area contributed by atoms with E-state index in [0.29, 0.717) is 5.82 Å². The number of rotatable bonds is 5. The van der Waals surface area contributed by atoms with Crippen LogP contribution in [0.4, 0.5) is 21.7 Å². The lowest BCUT2D eigenvalue weighted by Gasteiger charge is -2.11. The third-order valence-electron chi connectivity index (χ3n) is 4.21. The van der Waals surface area contributed by atoms with Crippen LogP contribution in [0.1, 0.15) is 16.7 Å². The van der Waals surface area contributed by atoms with Crippen molar-refractivity contribution >= 4 is 27.3 Å². The smallest absolute Gasteiger partial charge is 0.263 e. The summed E-state index contributed by atoms with van der Waals surface area (Å²) in [6.45, 7) is 5.52. The third-order valence-corrected chi connectivity index (χ3v) is 5.56. The minimum absolute atomic E-state index is 0.0409. The molecule has 0 spiro atoms. The second-order valence-electron chi connectivity index (χ2n) is 6.19. The number of nitrogens with zero attached hydrogens (tertiary/aromatic N) is 2. The molecule has 0 bridgehead atoms. The van der Waals surface area contributed by atoms with Gasteiger partial charge in [0.2, 0.25) is 0 Å². The Kier molecular flexibility index (Phi) is 5.09. The summed E-state index contributed by atoms with van der Waals surface area (Å²) in [7, 11) is -3.88. The number of hydrogen-bond acceptors (Lipinski definition) is 5. The second kappa shape index (κ2) is 7.32. The van der Waals surface area contributed by atoms with Crippen molar-refractivity contribution in [3.05, 3.63) is 71.0 Å². The normalized spacial score (nSPS) is 11.3. The first-order valence-electron chi connectivity index (χ1n) is 8.22. The van der Waals surface area contributed by atoms with Gasteiger partial charge in [-0.1, -0.05) is 12.1 Å². The maximum absolute atomic E-state index is 13.3. The molecule has 0 fully saturated rings. The fourth-order valence-electron chi connectivity index (χ4n) is 2.46. The van der Waals surface area contributed by atoms with Gasteiger partial charge in [-0.3, -0.25) is 4.72 Å². The molecule has 0 saturated carbocycles. The first kappa shape index (κ1) is 18.8. The highest BCUT2D eigenvalue weighted by atomic mass is 32.2. The summed E-state index contributed by atoms with van der Waals surface area (Å²) in [5.74, 6) is 0.100. The van der Waals surface area contributed by atoms with Gasteiger partial charge in [0.15, 0.2) is 11.6 Å². The molecule has 3 aromatic rings. The monoisotopic (exact) mass is 386 g/mol. The number of halogens is 1. The molecule has 0 aliphatic carbocycles. The number of aromatic nitrogens is 2. The molecule has 0 atom stereocenters. The van der Waals surface area contributed by atoms with Crippen molar-refractivity contribution in [3.8, 4) is 0 Å². The van der Waals surface area contributed by atoms with Crippen molar-refractivity contribution < 1.29 is 12.8 Å². The number of sulfonamides is 1. The first-order chi connectivity index (χ1) is 12.8. The summed E-state index contributed by atoms with van der Waals surface area (Å²) in [6.07, 6.45) is 0. The SMILES string of the molecule is Cc1cc(S(=O)(=O)Nc2ccc(Nc3cccc(C)c3C)nn2)ccc1F. The van der Waals surface area contributed by atoms with Crippen LogP contribution in [0, 0.1) is 26.6 Å². The van der Waals surface area contributed by atoms with Crippen molar-refractivity contribution in [2.45, 2.75) is 25.7 Å². The van der Waals surface area contributed by atoms with Crippen molar-refractivity contribution in [1.29, 1.82) is 0 Å². The van der Waals surface area contributed by atoms with E-state index in [1.807, 2.05) is 32.0 Å². The van der Waals surface area contributed by atoms with Crippen molar-refractivity contribution in [2.24, 2.45) is 0 Å². The van der Waals surface area contributed by atoms with Crippen LogP contribution in [-0.2, 0) is 10.0 Å². The summed E-state index contributed by atoms with van der Waals surface area (Å²) in [5.41, 5.74) is 3.39. The van der Waals surface area contributed by atoms with Crippen LogP contribution >= 0.6 is 0 Å². The molecule has 2 N–H and O–H groups in total. The molecule has 140 valence electrons. The highest BCUT2D eigenvalue weighted by Crippen LogP contribution is 2.22. The van der Waals surface area contributed by atoms with E-state index in [-0.39, 0.29) is 16.3 Å². The van der Waals surface area contributed by atoms with Crippen molar-refractivity contribution in [2.75, 3.05) is 10.0 Å². The standard InChI is InChI=1S/C19H19FN4O2S/c1-12-5-4-6-17(14(12)3)21-18-9-10-19(23-22-18)24-27(25,26)15-7-8-16(20)13(2)11-15/h4-11H,1-3H3,(H,21,22)(H,23,24). The largest absolute Gasteiger partial charge is 0.339 e. The zero-order chi connectivity index (χ0) is 19.6. The quantitative estimate of drug-likeness (QED) is 0.690.